The van der Waals surface area contributed by atoms with E-state index in [0.717, 1.165) is 62.9 Å². The lowest BCUT2D eigenvalue weighted by molar-refractivity contribution is 0.0697. The number of phenols is 1. The number of nitrogens with zero attached hydrogens (tertiary/aromatic N) is 2. The molecule has 0 spiro atoms. The van der Waals surface area contributed by atoms with Crippen LogP contribution in [0, 0.1) is 0 Å². The van der Waals surface area contributed by atoms with Crippen LogP contribution in [0.1, 0.15) is 28.8 Å². The van der Waals surface area contributed by atoms with Gasteiger partial charge in [0.2, 0.25) is 0 Å². The molecule has 0 radical (unpaired) electrons. The number of anilines is 1. The van der Waals surface area contributed by atoms with E-state index in [4.69, 9.17) is 0 Å². The zero-order valence-corrected chi connectivity index (χ0v) is 16.5. The lowest BCUT2D eigenvalue weighted by Gasteiger charge is -2.36. The third-order valence-electron chi connectivity index (χ3n) is 5.77. The summed E-state index contributed by atoms with van der Waals surface area (Å²) >= 11 is 0. The van der Waals surface area contributed by atoms with Crippen LogP contribution < -0.4 is 4.90 Å². The van der Waals surface area contributed by atoms with Gasteiger partial charge in [0, 0.05) is 49.0 Å². The maximum atomic E-state index is 11.2. The molecular weight excluding hydrogens is 366 g/mol. The second-order valence-electron chi connectivity index (χ2n) is 7.68. The van der Waals surface area contributed by atoms with Crippen LogP contribution >= 0.6 is 0 Å². The smallest absolute Gasteiger partial charge is 0.335 e. The molecule has 3 N–H and O–H groups in total. The number of benzene rings is 2. The van der Waals surface area contributed by atoms with Crippen LogP contribution in [0.2, 0.25) is 0 Å². The number of aromatic carboxylic acids is 1. The minimum atomic E-state index is -0.884. The topological polar surface area (TPSA) is 79.8 Å². The van der Waals surface area contributed by atoms with E-state index in [1.807, 2.05) is 24.4 Å². The number of aromatic amines is 1. The molecule has 3 aromatic rings. The second kappa shape index (κ2) is 8.57. The first kappa shape index (κ1) is 19.3. The highest BCUT2D eigenvalue weighted by Gasteiger charge is 2.17. The van der Waals surface area contributed by atoms with Crippen molar-refractivity contribution in [1.82, 2.24) is 9.88 Å². The van der Waals surface area contributed by atoms with Crippen LogP contribution in [0.4, 0.5) is 5.69 Å². The van der Waals surface area contributed by atoms with Gasteiger partial charge >= 0.3 is 5.97 Å². The first-order chi connectivity index (χ1) is 14.1. The summed E-state index contributed by atoms with van der Waals surface area (Å²) in [6.45, 7) is 5.20. The second-order valence-corrected chi connectivity index (χ2v) is 7.68. The highest BCUT2D eigenvalue weighted by Crippen LogP contribution is 2.22. The van der Waals surface area contributed by atoms with Gasteiger partial charge in [0.1, 0.15) is 5.75 Å². The maximum Gasteiger partial charge on any atom is 0.335 e. The molecular formula is C23H27N3O3. The number of aryl methyl sites for hydroxylation is 1. The van der Waals surface area contributed by atoms with E-state index in [9.17, 15) is 15.0 Å². The minimum absolute atomic E-state index is 0.307. The summed E-state index contributed by atoms with van der Waals surface area (Å²) in [7, 11) is 0. The normalized spacial score (nSPS) is 15.1. The Labute approximate surface area is 170 Å². The van der Waals surface area contributed by atoms with Crippen LogP contribution in [0.15, 0.2) is 48.7 Å². The van der Waals surface area contributed by atoms with E-state index in [1.54, 1.807) is 24.3 Å². The maximum absolute atomic E-state index is 11.2. The Hall–Kier alpha value is -2.99. The Kier molecular flexibility index (Phi) is 5.71. The van der Waals surface area contributed by atoms with Crippen LogP contribution in [-0.4, -0.2) is 58.8 Å². The van der Waals surface area contributed by atoms with Crippen molar-refractivity contribution < 1.29 is 15.0 Å². The Balaban J connectivity index is 1.23. The first-order valence-corrected chi connectivity index (χ1v) is 10.2. The lowest BCUT2D eigenvalue weighted by atomic mass is 10.0. The average Bonchev–Trinajstić information content (AvgIpc) is 3.14. The minimum Gasteiger partial charge on any atom is -0.508 e. The number of carboxylic acid groups (broad SMARTS) is 1. The summed E-state index contributed by atoms with van der Waals surface area (Å²) in [6, 6.07) is 12.7. The van der Waals surface area contributed by atoms with Crippen molar-refractivity contribution >= 4 is 22.6 Å². The van der Waals surface area contributed by atoms with Gasteiger partial charge in [-0.25, -0.2) is 4.79 Å². The van der Waals surface area contributed by atoms with Crippen LogP contribution in [0.25, 0.3) is 10.9 Å². The molecule has 29 heavy (non-hydrogen) atoms. The van der Waals surface area contributed by atoms with Crippen molar-refractivity contribution in [2.45, 2.75) is 19.3 Å². The predicted molar refractivity (Wildman–Crippen MR) is 115 cm³/mol. The Morgan fingerprint density at radius 3 is 2.48 bits per heavy atom. The number of carboxylic acids is 1. The third-order valence-corrected chi connectivity index (χ3v) is 5.77. The summed E-state index contributed by atoms with van der Waals surface area (Å²) in [5.74, 6) is -0.577. The van der Waals surface area contributed by atoms with Crippen molar-refractivity contribution in [3.05, 3.63) is 59.8 Å². The lowest BCUT2D eigenvalue weighted by Crippen LogP contribution is -2.46. The van der Waals surface area contributed by atoms with Crippen molar-refractivity contribution in [2.24, 2.45) is 0 Å². The van der Waals surface area contributed by atoms with E-state index >= 15 is 0 Å². The quantitative estimate of drug-likeness (QED) is 0.533. The molecule has 2 heterocycles. The van der Waals surface area contributed by atoms with Crippen molar-refractivity contribution in [3.8, 4) is 5.75 Å². The number of carbonyl (C=O) groups is 1. The molecule has 1 aliphatic rings. The fraction of sp³-hybridized carbons (Fsp3) is 0.348. The van der Waals surface area contributed by atoms with E-state index in [2.05, 4.69) is 14.8 Å². The molecule has 1 saturated heterocycles. The fourth-order valence-corrected chi connectivity index (χ4v) is 4.06. The number of hydrogen-bond acceptors (Lipinski definition) is 4. The van der Waals surface area contributed by atoms with Gasteiger partial charge in [-0.2, -0.15) is 0 Å². The number of aromatic hydroxyl groups is 1. The van der Waals surface area contributed by atoms with Gasteiger partial charge in [0.05, 0.1) is 5.56 Å². The van der Waals surface area contributed by atoms with Gasteiger partial charge in [0.25, 0.3) is 0 Å². The van der Waals surface area contributed by atoms with E-state index < -0.39 is 5.97 Å². The molecule has 4 rings (SSSR count). The molecule has 0 saturated carbocycles. The summed E-state index contributed by atoms with van der Waals surface area (Å²) < 4.78 is 0. The van der Waals surface area contributed by atoms with Crippen LogP contribution in [0.5, 0.6) is 5.75 Å². The number of aromatic nitrogens is 1. The fourth-order valence-electron chi connectivity index (χ4n) is 4.06. The van der Waals surface area contributed by atoms with Gasteiger partial charge in [-0.3, -0.25) is 4.90 Å². The molecule has 0 atom stereocenters. The van der Waals surface area contributed by atoms with Gasteiger partial charge in [-0.05, 0) is 73.8 Å². The molecule has 1 aliphatic heterocycles. The molecule has 0 bridgehead atoms. The predicted octanol–water partition coefficient (Wildman–Crippen LogP) is 3.72. The molecule has 0 amide bonds. The number of nitrogens with one attached hydrogen (secondary N) is 1. The molecule has 6 heteroatoms. The largest absolute Gasteiger partial charge is 0.508 e. The number of phenolic OH excluding ortho intramolecular Hbond substituents is 1. The number of unbranched alkanes of at least 4 members (excludes halogenated alkanes) is 1. The summed E-state index contributed by atoms with van der Waals surface area (Å²) in [5.41, 5.74) is 3.70. The zero-order valence-electron chi connectivity index (χ0n) is 16.5. The van der Waals surface area contributed by atoms with Gasteiger partial charge in [-0.15, -0.1) is 0 Å². The van der Waals surface area contributed by atoms with Crippen molar-refractivity contribution in [1.29, 1.82) is 0 Å². The number of fused-ring (bicyclic) bond motifs is 1. The molecule has 0 aliphatic carbocycles. The van der Waals surface area contributed by atoms with Crippen molar-refractivity contribution in [3.63, 3.8) is 0 Å². The monoisotopic (exact) mass is 393 g/mol. The summed E-state index contributed by atoms with van der Waals surface area (Å²) in [5, 5.41) is 19.7. The summed E-state index contributed by atoms with van der Waals surface area (Å²) in [6.07, 6.45) is 5.18. The number of rotatable bonds is 7. The summed E-state index contributed by atoms with van der Waals surface area (Å²) in [4.78, 5) is 19.3. The molecule has 2 aromatic carbocycles. The zero-order chi connectivity index (χ0) is 20.2. The van der Waals surface area contributed by atoms with Gasteiger partial charge < -0.3 is 20.1 Å². The molecule has 0 unspecified atom stereocenters. The van der Waals surface area contributed by atoms with E-state index in [0.29, 0.717) is 11.3 Å². The highest BCUT2D eigenvalue weighted by molar-refractivity contribution is 5.94. The Morgan fingerprint density at radius 2 is 1.76 bits per heavy atom. The van der Waals surface area contributed by atoms with Crippen LogP contribution in [-0.2, 0) is 6.42 Å². The number of H-pyrrole nitrogens is 1. The number of hydrogen-bond donors (Lipinski definition) is 3. The average molecular weight is 393 g/mol. The van der Waals surface area contributed by atoms with Gasteiger partial charge in [0.15, 0.2) is 0 Å². The molecule has 6 nitrogen and oxygen atoms in total. The van der Waals surface area contributed by atoms with Crippen molar-refractivity contribution in [2.75, 3.05) is 37.6 Å². The van der Waals surface area contributed by atoms with E-state index in [1.165, 1.54) is 11.3 Å². The van der Waals surface area contributed by atoms with E-state index in [-0.39, 0.29) is 0 Å². The Morgan fingerprint density at radius 1 is 1.00 bits per heavy atom. The highest BCUT2D eigenvalue weighted by atomic mass is 16.4. The number of piperazine rings is 1. The third kappa shape index (κ3) is 4.54. The molecule has 1 fully saturated rings. The van der Waals surface area contributed by atoms with Gasteiger partial charge in [-0.1, -0.05) is 0 Å². The first-order valence-electron chi connectivity index (χ1n) is 10.2. The standard InChI is InChI=1S/C23H27N3O3/c27-20-7-5-19(6-8-20)26-13-11-25(12-14-26)10-2-1-3-18-16-24-22-9-4-17(23(28)29)15-21(18)22/h4-9,15-16,24,27H,1-3,10-14H2,(H,28,29). The van der Waals surface area contributed by atoms with Crippen LogP contribution in [0.3, 0.4) is 0 Å². The molecule has 152 valence electrons. The Bertz CT molecular complexity index is 973. The molecule has 1 aromatic heterocycles. The SMILES string of the molecule is O=C(O)c1ccc2[nH]cc(CCCCN3CCN(c4ccc(O)cc4)CC3)c2c1.